The number of rotatable bonds is 4. The first-order valence-electron chi connectivity index (χ1n) is 5.83. The number of nitrogens with two attached hydrogens (primary N) is 1. The molecule has 1 aromatic rings. The molecule has 0 aromatic carbocycles. The number of Topliss-reactive ketones (excluding diaryl/α,β-unsaturated/α-hetero) is 1. The summed E-state index contributed by atoms with van der Waals surface area (Å²) < 4.78 is 5.58. The van der Waals surface area contributed by atoms with Crippen LogP contribution in [0.3, 0.4) is 0 Å². The van der Waals surface area contributed by atoms with Crippen molar-refractivity contribution < 1.29 is 9.53 Å². The highest BCUT2D eigenvalue weighted by Crippen LogP contribution is 2.11. The molecule has 1 aliphatic heterocycles. The van der Waals surface area contributed by atoms with Crippen LogP contribution in [-0.2, 0) is 4.74 Å². The lowest BCUT2D eigenvalue weighted by atomic mass is 10.1. The van der Waals surface area contributed by atoms with Gasteiger partial charge in [0.05, 0.1) is 11.7 Å². The third-order valence-electron chi connectivity index (χ3n) is 2.88. The molecule has 0 bridgehead atoms. The molecule has 2 heterocycles. The molecule has 0 radical (unpaired) electrons. The van der Waals surface area contributed by atoms with Gasteiger partial charge in [0.25, 0.3) is 0 Å². The van der Waals surface area contributed by atoms with Gasteiger partial charge in [0.15, 0.2) is 5.78 Å². The second kappa shape index (κ2) is 5.75. The Balaban J connectivity index is 1.87. The number of ether oxygens (including phenoxy) is 1. The van der Waals surface area contributed by atoms with Crippen molar-refractivity contribution in [3.63, 3.8) is 0 Å². The van der Waals surface area contributed by atoms with E-state index in [-0.39, 0.29) is 24.3 Å². The minimum atomic E-state index is -0.103. The largest absolute Gasteiger partial charge is 0.383 e. The van der Waals surface area contributed by atoms with E-state index in [1.54, 1.807) is 18.3 Å². The number of nitrogens with zero attached hydrogens (tertiary/aromatic N) is 1. The van der Waals surface area contributed by atoms with Crippen LogP contribution in [0.2, 0.25) is 0 Å². The highest BCUT2D eigenvalue weighted by molar-refractivity contribution is 6.00. The lowest BCUT2D eigenvalue weighted by molar-refractivity contribution is 0.0318. The van der Waals surface area contributed by atoms with Crippen LogP contribution < -0.4 is 11.1 Å². The molecule has 1 aliphatic rings. The van der Waals surface area contributed by atoms with Crippen molar-refractivity contribution in [2.75, 3.05) is 25.4 Å². The number of anilines is 1. The molecule has 0 spiro atoms. The van der Waals surface area contributed by atoms with Crippen molar-refractivity contribution in [2.24, 2.45) is 0 Å². The molecule has 0 amide bonds. The predicted molar refractivity (Wildman–Crippen MR) is 64.8 cm³/mol. The maximum atomic E-state index is 11.8. The quantitative estimate of drug-likeness (QED) is 0.748. The number of nitrogen functional groups attached to an aromatic ring is 1. The summed E-state index contributed by atoms with van der Waals surface area (Å²) in [6.45, 7) is 1.99. The summed E-state index contributed by atoms with van der Waals surface area (Å²) in [5.74, 6) is 0.167. The number of hydrogen-bond donors (Lipinski definition) is 2. The number of carbonyl (C=O) groups excluding carboxylic acids is 1. The summed E-state index contributed by atoms with van der Waals surface area (Å²) in [5.41, 5.74) is 6.08. The minimum Gasteiger partial charge on any atom is -0.383 e. The molecule has 1 saturated heterocycles. The van der Waals surface area contributed by atoms with Gasteiger partial charge in [-0.15, -0.1) is 0 Å². The number of nitrogens with one attached hydrogen (secondary N) is 1. The third kappa shape index (κ3) is 3.25. The summed E-state index contributed by atoms with van der Waals surface area (Å²) >= 11 is 0. The topological polar surface area (TPSA) is 77.2 Å². The van der Waals surface area contributed by atoms with Gasteiger partial charge in [-0.1, -0.05) is 0 Å². The molecule has 1 fully saturated rings. The van der Waals surface area contributed by atoms with Gasteiger partial charge in [-0.2, -0.15) is 0 Å². The molecule has 2 rings (SSSR count). The van der Waals surface area contributed by atoms with E-state index in [4.69, 9.17) is 10.5 Å². The molecule has 0 saturated carbocycles. The van der Waals surface area contributed by atoms with Crippen LogP contribution in [0.1, 0.15) is 23.2 Å². The van der Waals surface area contributed by atoms with Crippen LogP contribution in [0.5, 0.6) is 0 Å². The zero-order valence-electron chi connectivity index (χ0n) is 9.69. The first-order valence-corrected chi connectivity index (χ1v) is 5.83. The Hall–Kier alpha value is -1.46. The Labute approximate surface area is 100 Å². The number of carbonyl (C=O) groups is 1. The summed E-state index contributed by atoms with van der Waals surface area (Å²) in [6, 6.07) is 3.38. The van der Waals surface area contributed by atoms with E-state index in [1.165, 1.54) is 0 Å². The van der Waals surface area contributed by atoms with Gasteiger partial charge >= 0.3 is 0 Å². The summed E-state index contributed by atoms with van der Waals surface area (Å²) in [7, 11) is 0. The van der Waals surface area contributed by atoms with Crippen molar-refractivity contribution in [1.29, 1.82) is 0 Å². The van der Waals surface area contributed by atoms with Crippen LogP contribution in [0, 0.1) is 0 Å². The van der Waals surface area contributed by atoms with Gasteiger partial charge in [-0.3, -0.25) is 4.79 Å². The fourth-order valence-corrected chi connectivity index (χ4v) is 1.89. The van der Waals surface area contributed by atoms with E-state index in [0.29, 0.717) is 5.56 Å². The van der Waals surface area contributed by atoms with Crippen LogP contribution in [0.25, 0.3) is 0 Å². The number of ketones is 1. The van der Waals surface area contributed by atoms with Crippen molar-refractivity contribution in [3.8, 4) is 0 Å². The first-order chi connectivity index (χ1) is 8.27. The Bertz CT molecular complexity index is 389. The molecule has 0 aliphatic carbocycles. The lowest BCUT2D eigenvalue weighted by Gasteiger charge is -2.22. The summed E-state index contributed by atoms with van der Waals surface area (Å²) in [5, 5.41) is 3.25. The number of hydrogen-bond acceptors (Lipinski definition) is 5. The minimum absolute atomic E-state index is 0.0839. The molecule has 17 heavy (non-hydrogen) atoms. The monoisotopic (exact) mass is 235 g/mol. The Morgan fingerprint density at radius 2 is 2.29 bits per heavy atom. The second-order valence-corrected chi connectivity index (χ2v) is 4.12. The van der Waals surface area contributed by atoms with Crippen molar-refractivity contribution >= 4 is 11.6 Å². The Kier molecular flexibility index (Phi) is 4.06. The van der Waals surface area contributed by atoms with E-state index in [1.807, 2.05) is 0 Å². The molecular formula is C12H17N3O2. The number of aromatic nitrogens is 1. The number of pyridine rings is 1. The molecule has 92 valence electrons. The van der Waals surface area contributed by atoms with Gasteiger partial charge in [0.2, 0.25) is 0 Å². The third-order valence-corrected chi connectivity index (χ3v) is 2.88. The molecule has 0 unspecified atom stereocenters. The lowest BCUT2D eigenvalue weighted by Crippen LogP contribution is -2.33. The average molecular weight is 235 g/mol. The molecule has 5 nitrogen and oxygen atoms in total. The molecule has 1 aromatic heterocycles. The zero-order chi connectivity index (χ0) is 12.1. The average Bonchev–Trinajstić information content (AvgIpc) is 2.38. The van der Waals surface area contributed by atoms with Crippen molar-refractivity contribution in [2.45, 2.75) is 18.9 Å². The fourth-order valence-electron chi connectivity index (χ4n) is 1.89. The smallest absolute Gasteiger partial charge is 0.192 e. The summed E-state index contributed by atoms with van der Waals surface area (Å²) in [4.78, 5) is 15.7. The van der Waals surface area contributed by atoms with Gasteiger partial charge in [0, 0.05) is 6.20 Å². The highest BCUT2D eigenvalue weighted by Gasteiger charge is 2.16. The molecule has 0 atom stereocenters. The van der Waals surface area contributed by atoms with Crippen LogP contribution in [-0.4, -0.2) is 36.6 Å². The van der Waals surface area contributed by atoms with Crippen LogP contribution in [0.15, 0.2) is 18.3 Å². The molecule has 3 N–H and O–H groups in total. The van der Waals surface area contributed by atoms with Crippen LogP contribution in [0.4, 0.5) is 5.82 Å². The van der Waals surface area contributed by atoms with E-state index in [9.17, 15) is 4.79 Å². The van der Waals surface area contributed by atoms with Crippen LogP contribution >= 0.6 is 0 Å². The van der Waals surface area contributed by atoms with E-state index < -0.39 is 0 Å². The zero-order valence-corrected chi connectivity index (χ0v) is 9.69. The Morgan fingerprint density at radius 1 is 1.53 bits per heavy atom. The maximum Gasteiger partial charge on any atom is 0.192 e. The van der Waals surface area contributed by atoms with Crippen molar-refractivity contribution in [3.05, 3.63) is 23.9 Å². The highest BCUT2D eigenvalue weighted by atomic mass is 16.5. The fraction of sp³-hybridized carbons (Fsp3) is 0.500. The first kappa shape index (κ1) is 12.0. The van der Waals surface area contributed by atoms with E-state index in [2.05, 4.69) is 10.3 Å². The van der Waals surface area contributed by atoms with Crippen molar-refractivity contribution in [1.82, 2.24) is 10.3 Å². The van der Waals surface area contributed by atoms with Gasteiger partial charge < -0.3 is 15.8 Å². The maximum absolute atomic E-state index is 11.8. The van der Waals surface area contributed by atoms with Gasteiger partial charge in [-0.25, -0.2) is 4.98 Å². The second-order valence-electron chi connectivity index (χ2n) is 4.12. The van der Waals surface area contributed by atoms with Gasteiger partial charge in [0.1, 0.15) is 12.4 Å². The molecular weight excluding hydrogens is 218 g/mol. The number of piperidine rings is 1. The SMILES string of the molecule is Nc1ncccc1C(=O)COC1CCNCC1. The van der Waals surface area contributed by atoms with Gasteiger partial charge in [-0.05, 0) is 38.1 Å². The summed E-state index contributed by atoms with van der Waals surface area (Å²) in [6.07, 6.45) is 3.66. The normalized spacial score (nSPS) is 16.9. The Morgan fingerprint density at radius 3 is 3.00 bits per heavy atom. The van der Waals surface area contributed by atoms with E-state index in [0.717, 1.165) is 25.9 Å². The molecule has 5 heteroatoms. The predicted octanol–water partition coefficient (Wildman–Crippen LogP) is 0.615. The standard InChI is InChI=1S/C12H17N3O2/c13-12-10(2-1-5-15-12)11(16)8-17-9-3-6-14-7-4-9/h1-2,5,9,14H,3-4,6-8H2,(H2,13,15). The van der Waals surface area contributed by atoms with E-state index >= 15 is 0 Å².